The fourth-order valence-electron chi connectivity index (χ4n) is 4.24. The number of benzene rings is 2. The Kier molecular flexibility index (Phi) is 5.98. The van der Waals surface area contributed by atoms with Crippen LogP contribution in [0.5, 0.6) is 6.01 Å². The van der Waals surface area contributed by atoms with Crippen LogP contribution in [0, 0.1) is 5.82 Å². The molecule has 0 aliphatic carbocycles. The zero-order valence-electron chi connectivity index (χ0n) is 19.5. The zero-order valence-corrected chi connectivity index (χ0v) is 19.5. The maximum Gasteiger partial charge on any atom is 0.417 e. The van der Waals surface area contributed by atoms with Crippen LogP contribution in [-0.4, -0.2) is 26.6 Å². The predicted octanol–water partition coefficient (Wildman–Crippen LogP) is 5.67. The van der Waals surface area contributed by atoms with Crippen LogP contribution in [0.4, 0.5) is 23.4 Å². The summed E-state index contributed by atoms with van der Waals surface area (Å²) >= 11 is 0. The Morgan fingerprint density at radius 1 is 1.03 bits per heavy atom. The Bertz CT molecular complexity index is 1700. The van der Waals surface area contributed by atoms with Gasteiger partial charge >= 0.3 is 12.2 Å². The molecule has 0 saturated carbocycles. The molecule has 7 nitrogen and oxygen atoms in total. The number of nitrogens with one attached hydrogen (secondary N) is 1. The molecule has 0 saturated heterocycles. The standard InChI is InChI=1S/C26H19F4N5O2/c1-14(32-23-22-19(10-5-11-31-22)33-25(34-23)37-2)20-12-15-6-3-9-18(26(28,29)30)21(15)24(36)35(20)17-8-4-7-16(27)13-17/h3-14H,1-2H3,(H,32,33,34). The minimum atomic E-state index is -4.76. The summed E-state index contributed by atoms with van der Waals surface area (Å²) in [5, 5.41) is 2.76. The lowest BCUT2D eigenvalue weighted by atomic mass is 10.0. The molecule has 0 bridgehead atoms. The molecule has 1 unspecified atom stereocenters. The second-order valence-electron chi connectivity index (χ2n) is 8.25. The number of rotatable bonds is 5. The smallest absolute Gasteiger partial charge is 0.417 e. The van der Waals surface area contributed by atoms with Gasteiger partial charge in [-0.1, -0.05) is 18.2 Å². The van der Waals surface area contributed by atoms with Crippen LogP contribution in [0.2, 0.25) is 0 Å². The fraction of sp³-hybridized carbons (Fsp3) is 0.154. The molecule has 1 atom stereocenters. The number of pyridine rings is 2. The van der Waals surface area contributed by atoms with E-state index in [-0.39, 0.29) is 28.6 Å². The van der Waals surface area contributed by atoms with Gasteiger partial charge in [-0.15, -0.1) is 0 Å². The molecule has 2 aromatic carbocycles. The number of anilines is 1. The van der Waals surface area contributed by atoms with Gasteiger partial charge in [0, 0.05) is 11.9 Å². The largest absolute Gasteiger partial charge is 0.467 e. The van der Waals surface area contributed by atoms with Gasteiger partial charge in [0.15, 0.2) is 5.82 Å². The van der Waals surface area contributed by atoms with Crippen molar-refractivity contribution < 1.29 is 22.3 Å². The molecule has 11 heteroatoms. The summed E-state index contributed by atoms with van der Waals surface area (Å²) in [5.74, 6) is -0.353. The monoisotopic (exact) mass is 509 g/mol. The molecule has 0 spiro atoms. The Labute approximate surface area is 207 Å². The second-order valence-corrected chi connectivity index (χ2v) is 8.25. The van der Waals surface area contributed by atoms with Gasteiger partial charge in [0.1, 0.15) is 11.3 Å². The Morgan fingerprint density at radius 2 is 1.81 bits per heavy atom. The maximum absolute atomic E-state index is 14.2. The Balaban J connectivity index is 1.75. The van der Waals surface area contributed by atoms with E-state index in [9.17, 15) is 22.4 Å². The number of alkyl halides is 3. The van der Waals surface area contributed by atoms with Gasteiger partial charge in [-0.2, -0.15) is 23.1 Å². The summed E-state index contributed by atoms with van der Waals surface area (Å²) in [4.78, 5) is 26.6. The molecule has 3 aromatic heterocycles. The highest BCUT2D eigenvalue weighted by atomic mass is 19.4. The van der Waals surface area contributed by atoms with Gasteiger partial charge in [-0.3, -0.25) is 14.3 Å². The maximum atomic E-state index is 14.2. The first-order valence-corrected chi connectivity index (χ1v) is 11.1. The molecule has 188 valence electrons. The molecule has 0 aliphatic heterocycles. The van der Waals surface area contributed by atoms with Crippen LogP contribution in [0.1, 0.15) is 24.2 Å². The van der Waals surface area contributed by atoms with E-state index in [2.05, 4.69) is 20.3 Å². The lowest BCUT2D eigenvalue weighted by Crippen LogP contribution is -2.27. The van der Waals surface area contributed by atoms with E-state index >= 15 is 0 Å². The van der Waals surface area contributed by atoms with Crippen LogP contribution < -0.4 is 15.6 Å². The number of methoxy groups -OCH3 is 1. The van der Waals surface area contributed by atoms with Crippen LogP contribution in [0.15, 0.2) is 71.7 Å². The molecule has 3 heterocycles. The highest BCUT2D eigenvalue weighted by molar-refractivity contribution is 5.87. The normalized spacial score (nSPS) is 12.6. The molecule has 1 N–H and O–H groups in total. The molecule has 5 rings (SSSR count). The van der Waals surface area contributed by atoms with Gasteiger partial charge in [0.25, 0.3) is 5.56 Å². The average molecular weight is 509 g/mol. The van der Waals surface area contributed by atoms with Crippen LogP contribution in [-0.2, 0) is 6.18 Å². The predicted molar refractivity (Wildman–Crippen MR) is 130 cm³/mol. The van der Waals surface area contributed by atoms with Crippen LogP contribution in [0.3, 0.4) is 0 Å². The molecule has 0 amide bonds. The Hall–Kier alpha value is -4.54. The van der Waals surface area contributed by atoms with E-state index in [0.717, 1.165) is 16.7 Å². The third-order valence-electron chi connectivity index (χ3n) is 5.86. The van der Waals surface area contributed by atoms with Gasteiger partial charge in [-0.25, -0.2) is 4.39 Å². The van der Waals surface area contributed by atoms with Crippen molar-refractivity contribution in [3.63, 3.8) is 0 Å². The molecule has 0 fully saturated rings. The van der Waals surface area contributed by atoms with Gasteiger partial charge in [-0.05, 0) is 54.8 Å². The first-order chi connectivity index (χ1) is 17.7. The quantitative estimate of drug-likeness (QED) is 0.308. The summed E-state index contributed by atoms with van der Waals surface area (Å²) in [5.41, 5.74) is -0.708. The highest BCUT2D eigenvalue weighted by Crippen LogP contribution is 2.35. The van der Waals surface area contributed by atoms with E-state index in [1.165, 1.54) is 43.5 Å². The second kappa shape index (κ2) is 9.16. The summed E-state index contributed by atoms with van der Waals surface area (Å²) in [7, 11) is 1.41. The van der Waals surface area contributed by atoms with Crippen molar-refractivity contribution in [1.29, 1.82) is 0 Å². The fourth-order valence-corrected chi connectivity index (χ4v) is 4.24. The van der Waals surface area contributed by atoms with Crippen molar-refractivity contribution in [3.05, 3.63) is 94.3 Å². The SMILES string of the molecule is COc1nc(NC(C)c2cc3cccc(C(F)(F)F)c3c(=O)n2-c2cccc(F)c2)c2ncccc2n1. The van der Waals surface area contributed by atoms with E-state index < -0.39 is 34.5 Å². The first kappa shape index (κ1) is 24.2. The molecule has 0 radical (unpaired) electrons. The lowest BCUT2D eigenvalue weighted by molar-refractivity contribution is -0.136. The zero-order chi connectivity index (χ0) is 26.3. The first-order valence-electron chi connectivity index (χ1n) is 11.1. The van der Waals surface area contributed by atoms with E-state index in [0.29, 0.717) is 11.0 Å². The topological polar surface area (TPSA) is 81.9 Å². The number of halogens is 4. The molecule has 0 aliphatic rings. The third kappa shape index (κ3) is 4.44. The molecular formula is C26H19F4N5O2. The van der Waals surface area contributed by atoms with E-state index in [4.69, 9.17) is 4.74 Å². The van der Waals surface area contributed by atoms with Crippen molar-refractivity contribution in [3.8, 4) is 11.7 Å². The third-order valence-corrected chi connectivity index (χ3v) is 5.86. The van der Waals surface area contributed by atoms with Crippen molar-refractivity contribution >= 4 is 27.6 Å². The van der Waals surface area contributed by atoms with Crippen LogP contribution >= 0.6 is 0 Å². The number of ether oxygens (including phenoxy) is 1. The summed E-state index contributed by atoms with van der Waals surface area (Å²) in [6.07, 6.45) is -3.20. The van der Waals surface area contributed by atoms with E-state index in [1.54, 1.807) is 25.3 Å². The van der Waals surface area contributed by atoms with Crippen molar-refractivity contribution in [2.45, 2.75) is 19.1 Å². The number of hydrogen-bond acceptors (Lipinski definition) is 6. The summed E-state index contributed by atoms with van der Waals surface area (Å²) in [6, 6.07) is 12.9. The number of fused-ring (bicyclic) bond motifs is 2. The molecule has 5 aromatic rings. The van der Waals surface area contributed by atoms with E-state index in [1.807, 2.05) is 0 Å². The number of hydrogen-bond donors (Lipinski definition) is 1. The molecular weight excluding hydrogens is 490 g/mol. The molecule has 37 heavy (non-hydrogen) atoms. The minimum Gasteiger partial charge on any atom is -0.467 e. The van der Waals surface area contributed by atoms with Gasteiger partial charge in [0.05, 0.1) is 35.3 Å². The van der Waals surface area contributed by atoms with Gasteiger partial charge < -0.3 is 10.1 Å². The van der Waals surface area contributed by atoms with Gasteiger partial charge in [0.2, 0.25) is 0 Å². The average Bonchev–Trinajstić information content (AvgIpc) is 2.87. The number of aromatic nitrogens is 4. The van der Waals surface area contributed by atoms with Crippen LogP contribution in [0.25, 0.3) is 27.5 Å². The van der Waals surface area contributed by atoms with Crippen molar-refractivity contribution in [2.24, 2.45) is 0 Å². The lowest BCUT2D eigenvalue weighted by Gasteiger charge is -2.22. The Morgan fingerprint density at radius 3 is 2.54 bits per heavy atom. The number of nitrogens with zero attached hydrogens (tertiary/aromatic N) is 4. The highest BCUT2D eigenvalue weighted by Gasteiger charge is 2.34. The summed E-state index contributed by atoms with van der Waals surface area (Å²) in [6.45, 7) is 1.70. The van der Waals surface area contributed by atoms with Crippen molar-refractivity contribution in [1.82, 2.24) is 19.5 Å². The summed E-state index contributed by atoms with van der Waals surface area (Å²) < 4.78 is 61.8. The van der Waals surface area contributed by atoms with Crippen molar-refractivity contribution in [2.75, 3.05) is 12.4 Å². The minimum absolute atomic E-state index is 0.0750.